The largest absolute Gasteiger partial charge is 0.396 e. The number of aliphatic hydroxyl groups is 1. The van der Waals surface area contributed by atoms with Crippen LogP contribution in [0.15, 0.2) is 23.5 Å². The molecule has 1 aliphatic rings. The zero-order valence-corrected chi connectivity index (χ0v) is 19.1. The van der Waals surface area contributed by atoms with Crippen LogP contribution < -0.4 is 15.5 Å². The van der Waals surface area contributed by atoms with Gasteiger partial charge in [0.25, 0.3) is 0 Å². The number of rotatable bonds is 12. The second-order valence-electron chi connectivity index (χ2n) is 8.03. The first-order valence-corrected chi connectivity index (χ1v) is 11.5. The number of hydrogen-bond acceptors (Lipinski definition) is 6. The van der Waals surface area contributed by atoms with Crippen molar-refractivity contribution in [2.45, 2.75) is 46.5 Å². The van der Waals surface area contributed by atoms with Crippen molar-refractivity contribution < 1.29 is 5.11 Å². The fourth-order valence-corrected chi connectivity index (χ4v) is 3.87. The molecule has 0 unspecified atom stereocenters. The van der Waals surface area contributed by atoms with Crippen LogP contribution in [0.4, 0.5) is 5.95 Å². The molecule has 0 amide bonds. The van der Waals surface area contributed by atoms with E-state index in [-0.39, 0.29) is 12.0 Å². The van der Waals surface area contributed by atoms with E-state index in [4.69, 9.17) is 4.99 Å². The molecule has 0 aliphatic carbocycles. The van der Waals surface area contributed by atoms with Crippen LogP contribution in [0, 0.1) is 5.41 Å². The van der Waals surface area contributed by atoms with Gasteiger partial charge in [-0.2, -0.15) is 0 Å². The van der Waals surface area contributed by atoms with Gasteiger partial charge in [0.05, 0.1) is 0 Å². The van der Waals surface area contributed by atoms with Crippen molar-refractivity contribution in [1.29, 1.82) is 0 Å². The number of anilines is 1. The van der Waals surface area contributed by atoms with Gasteiger partial charge in [0, 0.05) is 64.8 Å². The average molecular weight is 420 g/mol. The molecule has 1 saturated heterocycles. The van der Waals surface area contributed by atoms with E-state index < -0.39 is 0 Å². The Bertz CT molecular complexity index is 599. The van der Waals surface area contributed by atoms with Gasteiger partial charge in [-0.05, 0) is 50.6 Å². The minimum atomic E-state index is 0.0965. The van der Waals surface area contributed by atoms with E-state index >= 15 is 0 Å². The Labute approximate surface area is 182 Å². The molecule has 30 heavy (non-hydrogen) atoms. The van der Waals surface area contributed by atoms with Gasteiger partial charge in [-0.1, -0.05) is 13.8 Å². The molecule has 0 atom stereocenters. The Morgan fingerprint density at radius 1 is 1.10 bits per heavy atom. The van der Waals surface area contributed by atoms with Crippen LogP contribution in [0.1, 0.15) is 46.5 Å². The first-order chi connectivity index (χ1) is 14.7. The van der Waals surface area contributed by atoms with Crippen LogP contribution in [0.2, 0.25) is 0 Å². The maximum absolute atomic E-state index is 9.42. The summed E-state index contributed by atoms with van der Waals surface area (Å²) in [6.45, 7) is 14.3. The second kappa shape index (κ2) is 13.4. The maximum atomic E-state index is 9.42. The lowest BCUT2D eigenvalue weighted by molar-refractivity contribution is 0.175. The van der Waals surface area contributed by atoms with E-state index in [2.05, 4.69) is 51.2 Å². The van der Waals surface area contributed by atoms with E-state index in [1.54, 1.807) is 12.4 Å². The van der Waals surface area contributed by atoms with Crippen LogP contribution >= 0.6 is 0 Å². The summed E-state index contributed by atoms with van der Waals surface area (Å²) in [6.07, 6.45) is 7.57. The van der Waals surface area contributed by atoms with Gasteiger partial charge in [0.2, 0.25) is 5.95 Å². The summed E-state index contributed by atoms with van der Waals surface area (Å²) in [5.41, 5.74) is 0.0965. The first kappa shape index (κ1) is 24.3. The topological polar surface area (TPSA) is 88.9 Å². The Balaban J connectivity index is 1.72. The molecule has 3 N–H and O–H groups in total. The fourth-order valence-electron chi connectivity index (χ4n) is 3.87. The molecule has 1 aromatic heterocycles. The van der Waals surface area contributed by atoms with Gasteiger partial charge >= 0.3 is 0 Å². The molecule has 0 spiro atoms. The van der Waals surface area contributed by atoms with Gasteiger partial charge in [-0.25, -0.2) is 9.97 Å². The van der Waals surface area contributed by atoms with Gasteiger partial charge in [-0.15, -0.1) is 0 Å². The zero-order chi connectivity index (χ0) is 21.7. The van der Waals surface area contributed by atoms with Crippen LogP contribution in [-0.2, 0) is 0 Å². The number of guanidine groups is 1. The van der Waals surface area contributed by atoms with Crippen molar-refractivity contribution in [3.63, 3.8) is 0 Å². The minimum absolute atomic E-state index is 0.0965. The molecule has 8 heteroatoms. The van der Waals surface area contributed by atoms with Gasteiger partial charge in [-0.3, -0.25) is 9.89 Å². The van der Waals surface area contributed by atoms with Gasteiger partial charge in [0.15, 0.2) is 5.96 Å². The molecule has 0 saturated carbocycles. The van der Waals surface area contributed by atoms with Gasteiger partial charge < -0.3 is 20.6 Å². The third kappa shape index (κ3) is 7.72. The number of aromatic nitrogens is 2. The molecule has 1 aromatic rings. The Morgan fingerprint density at radius 3 is 2.40 bits per heavy atom. The fraction of sp³-hybridized carbons (Fsp3) is 0.773. The van der Waals surface area contributed by atoms with E-state index in [1.807, 2.05) is 6.07 Å². The normalized spacial score (nSPS) is 16.0. The van der Waals surface area contributed by atoms with E-state index in [9.17, 15) is 5.11 Å². The number of aliphatic hydroxyl groups excluding tert-OH is 1. The van der Waals surface area contributed by atoms with E-state index in [0.29, 0.717) is 0 Å². The SMILES string of the molecule is CCNC(=NCC(CC)(CC)CCO)NCCCN1CCN(c2ncccn2)CC1. The van der Waals surface area contributed by atoms with Crippen molar-refractivity contribution in [3.8, 4) is 0 Å². The highest BCUT2D eigenvalue weighted by molar-refractivity contribution is 5.79. The highest BCUT2D eigenvalue weighted by atomic mass is 16.3. The van der Waals surface area contributed by atoms with Crippen LogP contribution in [0.5, 0.6) is 0 Å². The molecule has 0 aromatic carbocycles. The zero-order valence-electron chi connectivity index (χ0n) is 19.1. The first-order valence-electron chi connectivity index (χ1n) is 11.5. The minimum Gasteiger partial charge on any atom is -0.396 e. The predicted octanol–water partition coefficient (Wildman–Crippen LogP) is 1.73. The molecule has 2 rings (SSSR count). The second-order valence-corrected chi connectivity index (χ2v) is 8.03. The molecular formula is C22H41N7O. The molecule has 0 bridgehead atoms. The molecule has 0 radical (unpaired) electrons. The van der Waals surface area contributed by atoms with Crippen molar-refractivity contribution in [2.75, 3.05) is 63.9 Å². The summed E-state index contributed by atoms with van der Waals surface area (Å²) in [6, 6.07) is 1.86. The number of hydrogen-bond donors (Lipinski definition) is 3. The Hall–Kier alpha value is -1.93. The summed E-state index contributed by atoms with van der Waals surface area (Å²) >= 11 is 0. The predicted molar refractivity (Wildman–Crippen MR) is 124 cm³/mol. The van der Waals surface area contributed by atoms with Crippen LogP contribution in [-0.4, -0.2) is 84.9 Å². The van der Waals surface area contributed by atoms with E-state index in [0.717, 1.165) is 89.9 Å². The Kier molecular flexibility index (Phi) is 10.9. The molecule has 1 fully saturated rings. The molecule has 170 valence electrons. The lowest BCUT2D eigenvalue weighted by atomic mass is 9.79. The third-order valence-corrected chi connectivity index (χ3v) is 6.21. The van der Waals surface area contributed by atoms with Gasteiger partial charge in [0.1, 0.15) is 0 Å². The Morgan fingerprint density at radius 2 is 1.80 bits per heavy atom. The summed E-state index contributed by atoms with van der Waals surface area (Å²) in [5, 5.41) is 16.2. The molecule has 2 heterocycles. The van der Waals surface area contributed by atoms with Crippen LogP contribution in [0.3, 0.4) is 0 Å². The number of piperazine rings is 1. The lowest BCUT2D eigenvalue weighted by Crippen LogP contribution is -2.47. The summed E-state index contributed by atoms with van der Waals surface area (Å²) < 4.78 is 0. The summed E-state index contributed by atoms with van der Waals surface area (Å²) in [4.78, 5) is 18.3. The summed E-state index contributed by atoms with van der Waals surface area (Å²) in [7, 11) is 0. The van der Waals surface area contributed by atoms with Crippen molar-refractivity contribution in [3.05, 3.63) is 18.5 Å². The van der Waals surface area contributed by atoms with Crippen molar-refractivity contribution >= 4 is 11.9 Å². The molecule has 8 nitrogen and oxygen atoms in total. The summed E-state index contributed by atoms with van der Waals surface area (Å²) in [5.74, 6) is 1.72. The van der Waals surface area contributed by atoms with Crippen LogP contribution in [0.25, 0.3) is 0 Å². The quantitative estimate of drug-likeness (QED) is 0.270. The number of nitrogens with zero attached hydrogens (tertiary/aromatic N) is 5. The smallest absolute Gasteiger partial charge is 0.225 e. The molecule has 1 aliphatic heterocycles. The number of aliphatic imine (C=N–C) groups is 1. The van der Waals surface area contributed by atoms with Crippen molar-refractivity contribution in [2.24, 2.45) is 10.4 Å². The van der Waals surface area contributed by atoms with Crippen molar-refractivity contribution in [1.82, 2.24) is 25.5 Å². The highest BCUT2D eigenvalue weighted by Gasteiger charge is 2.25. The standard InChI is InChI=1S/C22H41N7O/c1-4-22(5-2,9-18-30)19-27-20(23-6-3)24-12-8-13-28-14-16-29(17-15-28)21-25-10-7-11-26-21/h7,10-11,30H,4-6,8-9,12-19H2,1-3H3,(H2,23,24,27). The highest BCUT2D eigenvalue weighted by Crippen LogP contribution is 2.30. The maximum Gasteiger partial charge on any atom is 0.225 e. The van der Waals surface area contributed by atoms with E-state index in [1.165, 1.54) is 0 Å². The monoisotopic (exact) mass is 419 g/mol. The lowest BCUT2D eigenvalue weighted by Gasteiger charge is -2.34. The third-order valence-electron chi connectivity index (χ3n) is 6.21. The number of nitrogens with one attached hydrogen (secondary N) is 2. The average Bonchev–Trinajstić information content (AvgIpc) is 2.80. The molecular weight excluding hydrogens is 378 g/mol.